The molecule has 0 spiro atoms. The maximum atomic E-state index is 12.3. The van der Waals surface area contributed by atoms with E-state index in [0.29, 0.717) is 31.7 Å². The molecule has 1 aromatic rings. The van der Waals surface area contributed by atoms with Crippen LogP contribution in [0.15, 0.2) is 24.3 Å². The summed E-state index contributed by atoms with van der Waals surface area (Å²) in [4.78, 5) is 12.3. The number of hydrogen-bond donors (Lipinski definition) is 2. The molecule has 7 heteroatoms. The predicted octanol–water partition coefficient (Wildman–Crippen LogP) is 0.933. The highest BCUT2D eigenvalue weighted by atomic mass is 32.2. The molecule has 1 heterocycles. The fourth-order valence-electron chi connectivity index (χ4n) is 2.45. The number of rotatable bonds is 6. The first-order chi connectivity index (χ1) is 10.7. The number of carbonyl (C=O) groups excluding carboxylic acids is 1. The van der Waals surface area contributed by atoms with Gasteiger partial charge in [0.15, 0.2) is 0 Å². The molecule has 0 aromatic heterocycles. The topological polar surface area (TPSA) is 84.5 Å². The van der Waals surface area contributed by atoms with Gasteiger partial charge in [-0.3, -0.25) is 4.79 Å². The minimum absolute atomic E-state index is 0.00800. The third kappa shape index (κ3) is 5.30. The molecule has 23 heavy (non-hydrogen) atoms. The largest absolute Gasteiger partial charge is 0.379 e. The standard InChI is InChI=1S/C16H24N2O4S/c1-16(2)11-22-10-14(16)18-15(19)13-6-4-12(5-7-13)8-9-17-23(3,20)21/h4-7,14,17H,8-11H2,1-3H3,(H,18,19). The van der Waals surface area contributed by atoms with Gasteiger partial charge in [-0.05, 0) is 24.1 Å². The summed E-state index contributed by atoms with van der Waals surface area (Å²) < 4.78 is 29.9. The van der Waals surface area contributed by atoms with Crippen LogP contribution in [0, 0.1) is 5.41 Å². The van der Waals surface area contributed by atoms with Gasteiger partial charge in [-0.25, -0.2) is 13.1 Å². The van der Waals surface area contributed by atoms with Crippen LogP contribution in [0.3, 0.4) is 0 Å². The molecule has 1 unspecified atom stereocenters. The lowest BCUT2D eigenvalue weighted by molar-refractivity contribution is 0.0915. The van der Waals surface area contributed by atoms with Crippen molar-refractivity contribution < 1.29 is 17.9 Å². The molecule has 1 atom stereocenters. The van der Waals surface area contributed by atoms with Crippen LogP contribution in [0.25, 0.3) is 0 Å². The maximum Gasteiger partial charge on any atom is 0.251 e. The molecule has 1 aliphatic rings. The van der Waals surface area contributed by atoms with E-state index in [1.54, 1.807) is 12.1 Å². The number of nitrogens with one attached hydrogen (secondary N) is 2. The minimum atomic E-state index is -3.17. The van der Waals surface area contributed by atoms with E-state index < -0.39 is 10.0 Å². The van der Waals surface area contributed by atoms with E-state index in [1.807, 2.05) is 12.1 Å². The zero-order chi connectivity index (χ0) is 17.1. The van der Waals surface area contributed by atoms with E-state index in [-0.39, 0.29) is 17.4 Å². The lowest BCUT2D eigenvalue weighted by atomic mass is 9.88. The molecule has 1 amide bonds. The number of amides is 1. The molecule has 1 aliphatic heterocycles. The molecule has 2 N–H and O–H groups in total. The molecule has 1 fully saturated rings. The normalized spacial score (nSPS) is 20.4. The molecular weight excluding hydrogens is 316 g/mol. The third-order valence-corrected chi connectivity index (χ3v) is 4.73. The Morgan fingerprint density at radius 1 is 1.30 bits per heavy atom. The molecule has 6 nitrogen and oxygen atoms in total. The number of ether oxygens (including phenoxy) is 1. The second-order valence-corrected chi connectivity index (χ2v) is 8.48. The van der Waals surface area contributed by atoms with Crippen LogP contribution in [-0.2, 0) is 21.2 Å². The van der Waals surface area contributed by atoms with Gasteiger partial charge in [0.1, 0.15) is 0 Å². The van der Waals surface area contributed by atoms with Crippen LogP contribution in [0.2, 0.25) is 0 Å². The zero-order valence-corrected chi connectivity index (χ0v) is 14.6. The molecular formula is C16H24N2O4S. The Kier molecular flexibility index (Phi) is 5.44. The summed E-state index contributed by atoms with van der Waals surface area (Å²) in [6.45, 7) is 5.67. The van der Waals surface area contributed by atoms with Gasteiger partial charge in [-0.2, -0.15) is 0 Å². The van der Waals surface area contributed by atoms with Crippen LogP contribution in [0.5, 0.6) is 0 Å². The lowest BCUT2D eigenvalue weighted by Crippen LogP contribution is -2.44. The van der Waals surface area contributed by atoms with Crippen molar-refractivity contribution in [2.45, 2.75) is 26.3 Å². The van der Waals surface area contributed by atoms with Crippen molar-refractivity contribution >= 4 is 15.9 Å². The Hall–Kier alpha value is -1.44. The van der Waals surface area contributed by atoms with E-state index in [0.717, 1.165) is 11.8 Å². The van der Waals surface area contributed by atoms with Crippen molar-refractivity contribution in [1.29, 1.82) is 0 Å². The van der Waals surface area contributed by atoms with Gasteiger partial charge in [0.2, 0.25) is 10.0 Å². The summed E-state index contributed by atoms with van der Waals surface area (Å²) >= 11 is 0. The van der Waals surface area contributed by atoms with Crippen LogP contribution < -0.4 is 10.0 Å². The van der Waals surface area contributed by atoms with E-state index in [9.17, 15) is 13.2 Å². The first kappa shape index (κ1) is 17.9. The predicted molar refractivity (Wildman–Crippen MR) is 88.8 cm³/mol. The molecule has 2 rings (SSSR count). The second kappa shape index (κ2) is 6.98. The van der Waals surface area contributed by atoms with Crippen molar-refractivity contribution in [3.8, 4) is 0 Å². The van der Waals surface area contributed by atoms with Crippen molar-refractivity contribution in [3.63, 3.8) is 0 Å². The summed E-state index contributed by atoms with van der Waals surface area (Å²) in [5.41, 5.74) is 1.50. The summed E-state index contributed by atoms with van der Waals surface area (Å²) in [6.07, 6.45) is 1.72. The first-order valence-electron chi connectivity index (χ1n) is 7.59. The molecule has 0 radical (unpaired) electrons. The molecule has 1 aromatic carbocycles. The number of carbonyl (C=O) groups is 1. The molecule has 0 saturated carbocycles. The molecule has 128 valence electrons. The number of sulfonamides is 1. The monoisotopic (exact) mass is 340 g/mol. The van der Waals surface area contributed by atoms with Crippen molar-refractivity contribution in [1.82, 2.24) is 10.0 Å². The van der Waals surface area contributed by atoms with Crippen LogP contribution >= 0.6 is 0 Å². The summed E-state index contributed by atoms with van der Waals surface area (Å²) in [6, 6.07) is 7.21. The second-order valence-electron chi connectivity index (χ2n) is 6.64. The van der Waals surface area contributed by atoms with Gasteiger partial charge in [0.05, 0.1) is 25.5 Å². The van der Waals surface area contributed by atoms with E-state index in [2.05, 4.69) is 23.9 Å². The van der Waals surface area contributed by atoms with Crippen molar-refractivity contribution in [3.05, 3.63) is 35.4 Å². The van der Waals surface area contributed by atoms with Gasteiger partial charge >= 0.3 is 0 Å². The molecule has 0 aliphatic carbocycles. The first-order valence-corrected chi connectivity index (χ1v) is 9.49. The average Bonchev–Trinajstić information content (AvgIpc) is 2.77. The van der Waals surface area contributed by atoms with Gasteiger partial charge in [-0.1, -0.05) is 26.0 Å². The Morgan fingerprint density at radius 2 is 1.96 bits per heavy atom. The lowest BCUT2D eigenvalue weighted by Gasteiger charge is -2.25. The van der Waals surface area contributed by atoms with Gasteiger partial charge < -0.3 is 10.1 Å². The van der Waals surface area contributed by atoms with Gasteiger partial charge in [0, 0.05) is 17.5 Å². The smallest absolute Gasteiger partial charge is 0.251 e. The van der Waals surface area contributed by atoms with Gasteiger partial charge in [-0.15, -0.1) is 0 Å². The Balaban J connectivity index is 1.90. The zero-order valence-electron chi connectivity index (χ0n) is 13.8. The number of benzene rings is 1. The number of hydrogen-bond acceptors (Lipinski definition) is 4. The Morgan fingerprint density at radius 3 is 2.48 bits per heavy atom. The van der Waals surface area contributed by atoms with Crippen LogP contribution in [0.4, 0.5) is 0 Å². The third-order valence-electron chi connectivity index (χ3n) is 4.00. The van der Waals surface area contributed by atoms with E-state index in [1.165, 1.54) is 0 Å². The quantitative estimate of drug-likeness (QED) is 0.807. The van der Waals surface area contributed by atoms with E-state index >= 15 is 0 Å². The molecule has 0 bridgehead atoms. The fourth-order valence-corrected chi connectivity index (χ4v) is 2.92. The average molecular weight is 340 g/mol. The SMILES string of the molecule is CC1(C)COCC1NC(=O)c1ccc(CCNS(C)(=O)=O)cc1. The minimum Gasteiger partial charge on any atom is -0.379 e. The van der Waals surface area contributed by atoms with E-state index in [4.69, 9.17) is 4.74 Å². The maximum absolute atomic E-state index is 12.3. The molecule has 1 saturated heterocycles. The van der Waals surface area contributed by atoms with Crippen LogP contribution in [0.1, 0.15) is 29.8 Å². The highest BCUT2D eigenvalue weighted by Gasteiger charge is 2.36. The van der Waals surface area contributed by atoms with Crippen molar-refractivity contribution in [2.75, 3.05) is 26.0 Å². The Labute approximate surface area is 137 Å². The highest BCUT2D eigenvalue weighted by molar-refractivity contribution is 7.88. The highest BCUT2D eigenvalue weighted by Crippen LogP contribution is 2.27. The summed E-state index contributed by atoms with van der Waals surface area (Å²) in [5, 5.41) is 3.01. The summed E-state index contributed by atoms with van der Waals surface area (Å²) in [7, 11) is -3.17. The summed E-state index contributed by atoms with van der Waals surface area (Å²) in [5.74, 6) is -0.116. The van der Waals surface area contributed by atoms with Gasteiger partial charge in [0.25, 0.3) is 5.91 Å². The van der Waals surface area contributed by atoms with Crippen molar-refractivity contribution in [2.24, 2.45) is 5.41 Å². The Bertz CT molecular complexity index is 653. The van der Waals surface area contributed by atoms with Crippen LogP contribution in [-0.4, -0.2) is 46.4 Å². The fraction of sp³-hybridized carbons (Fsp3) is 0.562.